The smallest absolute Gasteiger partial charge is 0.0111 e. The van der Waals surface area contributed by atoms with Crippen molar-refractivity contribution in [2.75, 3.05) is 33.2 Å². The molecule has 1 aliphatic carbocycles. The van der Waals surface area contributed by atoms with Crippen LogP contribution in [0.15, 0.2) is 0 Å². The maximum Gasteiger partial charge on any atom is 0.0111 e. The van der Waals surface area contributed by atoms with Gasteiger partial charge in [-0.3, -0.25) is 4.90 Å². The lowest BCUT2D eigenvalue weighted by molar-refractivity contribution is 0.174. The molecule has 0 aromatic heterocycles. The van der Waals surface area contributed by atoms with Crippen molar-refractivity contribution in [1.29, 1.82) is 0 Å². The fourth-order valence-corrected chi connectivity index (χ4v) is 2.77. The van der Waals surface area contributed by atoms with E-state index in [0.717, 1.165) is 25.2 Å². The van der Waals surface area contributed by atoms with Crippen LogP contribution in [0.3, 0.4) is 0 Å². The van der Waals surface area contributed by atoms with E-state index in [1.54, 1.807) is 0 Å². The Hall–Kier alpha value is -0.120. The van der Waals surface area contributed by atoms with Gasteiger partial charge < -0.3 is 10.6 Å². The SMILES string of the molecule is CN1CCCC(N(CCN)C2CC2)CC1. The summed E-state index contributed by atoms with van der Waals surface area (Å²) >= 11 is 0. The average molecular weight is 211 g/mol. The molecule has 2 N–H and O–H groups in total. The summed E-state index contributed by atoms with van der Waals surface area (Å²) in [5, 5.41) is 0. The van der Waals surface area contributed by atoms with E-state index in [-0.39, 0.29) is 0 Å². The summed E-state index contributed by atoms with van der Waals surface area (Å²) in [6.07, 6.45) is 6.89. The van der Waals surface area contributed by atoms with Crippen molar-refractivity contribution in [2.24, 2.45) is 5.73 Å². The number of hydrogen-bond donors (Lipinski definition) is 1. The lowest BCUT2D eigenvalue weighted by Crippen LogP contribution is -2.40. The van der Waals surface area contributed by atoms with Crippen LogP contribution in [0, 0.1) is 0 Å². The summed E-state index contributed by atoms with van der Waals surface area (Å²) < 4.78 is 0. The zero-order valence-electron chi connectivity index (χ0n) is 9.99. The van der Waals surface area contributed by atoms with Gasteiger partial charge in [0.05, 0.1) is 0 Å². The van der Waals surface area contributed by atoms with Crippen molar-refractivity contribution >= 4 is 0 Å². The summed E-state index contributed by atoms with van der Waals surface area (Å²) in [5.74, 6) is 0. The van der Waals surface area contributed by atoms with Gasteiger partial charge in [-0.2, -0.15) is 0 Å². The molecule has 15 heavy (non-hydrogen) atoms. The molecule has 88 valence electrons. The molecule has 0 amide bonds. The number of rotatable bonds is 4. The molecule has 2 rings (SSSR count). The van der Waals surface area contributed by atoms with Gasteiger partial charge in [0, 0.05) is 25.2 Å². The Morgan fingerprint density at radius 1 is 1.13 bits per heavy atom. The number of nitrogens with two attached hydrogens (primary N) is 1. The second kappa shape index (κ2) is 5.28. The number of nitrogens with zero attached hydrogens (tertiary/aromatic N) is 2. The van der Waals surface area contributed by atoms with Crippen molar-refractivity contribution in [1.82, 2.24) is 9.80 Å². The zero-order chi connectivity index (χ0) is 10.7. The van der Waals surface area contributed by atoms with Crippen molar-refractivity contribution < 1.29 is 0 Å². The molecule has 0 radical (unpaired) electrons. The van der Waals surface area contributed by atoms with Gasteiger partial charge in [0.15, 0.2) is 0 Å². The molecule has 1 atom stereocenters. The molecule has 0 bridgehead atoms. The average Bonchev–Trinajstić information content (AvgIpc) is 3.02. The van der Waals surface area contributed by atoms with Gasteiger partial charge in [-0.15, -0.1) is 0 Å². The third-order valence-electron chi connectivity index (χ3n) is 3.79. The lowest BCUT2D eigenvalue weighted by atomic mass is 10.1. The van der Waals surface area contributed by atoms with Crippen LogP contribution in [-0.4, -0.2) is 55.1 Å². The molecule has 1 saturated heterocycles. The Labute approximate surface area is 93.6 Å². The van der Waals surface area contributed by atoms with Crippen LogP contribution >= 0.6 is 0 Å². The second-order valence-corrected chi connectivity index (χ2v) is 5.15. The first-order valence-corrected chi connectivity index (χ1v) is 6.45. The summed E-state index contributed by atoms with van der Waals surface area (Å²) in [6, 6.07) is 1.69. The Kier molecular flexibility index (Phi) is 4.00. The lowest BCUT2D eigenvalue weighted by Gasteiger charge is -2.30. The van der Waals surface area contributed by atoms with Crippen LogP contribution in [0.25, 0.3) is 0 Å². The molecule has 0 spiro atoms. The molecule has 2 fully saturated rings. The van der Waals surface area contributed by atoms with E-state index in [9.17, 15) is 0 Å². The minimum Gasteiger partial charge on any atom is -0.329 e. The predicted molar refractivity (Wildman–Crippen MR) is 63.9 cm³/mol. The largest absolute Gasteiger partial charge is 0.329 e. The Bertz CT molecular complexity index is 191. The molecular formula is C12H25N3. The third-order valence-corrected chi connectivity index (χ3v) is 3.79. The maximum absolute atomic E-state index is 5.72. The molecular weight excluding hydrogens is 186 g/mol. The highest BCUT2D eigenvalue weighted by Gasteiger charge is 2.33. The first-order valence-electron chi connectivity index (χ1n) is 6.45. The fourth-order valence-electron chi connectivity index (χ4n) is 2.77. The normalized spacial score (nSPS) is 29.4. The van der Waals surface area contributed by atoms with E-state index >= 15 is 0 Å². The van der Waals surface area contributed by atoms with Crippen LogP contribution in [0.4, 0.5) is 0 Å². The van der Waals surface area contributed by atoms with Gasteiger partial charge in [-0.1, -0.05) is 0 Å². The number of hydrogen-bond acceptors (Lipinski definition) is 3. The van der Waals surface area contributed by atoms with Crippen LogP contribution in [0.5, 0.6) is 0 Å². The first-order chi connectivity index (χ1) is 7.31. The van der Waals surface area contributed by atoms with Gasteiger partial charge in [-0.05, 0) is 52.2 Å². The highest BCUT2D eigenvalue weighted by molar-refractivity contribution is 4.90. The van der Waals surface area contributed by atoms with Gasteiger partial charge >= 0.3 is 0 Å². The molecule has 3 heteroatoms. The monoisotopic (exact) mass is 211 g/mol. The van der Waals surface area contributed by atoms with Crippen molar-refractivity contribution in [3.05, 3.63) is 0 Å². The molecule has 1 unspecified atom stereocenters. The molecule has 1 aliphatic heterocycles. The van der Waals surface area contributed by atoms with E-state index in [0.29, 0.717) is 0 Å². The zero-order valence-corrected chi connectivity index (χ0v) is 9.99. The van der Waals surface area contributed by atoms with E-state index in [1.807, 2.05) is 0 Å². The van der Waals surface area contributed by atoms with Crippen LogP contribution in [0.2, 0.25) is 0 Å². The maximum atomic E-state index is 5.72. The van der Waals surface area contributed by atoms with Gasteiger partial charge in [0.1, 0.15) is 0 Å². The van der Waals surface area contributed by atoms with Crippen LogP contribution in [-0.2, 0) is 0 Å². The first kappa shape index (κ1) is 11.4. The third kappa shape index (κ3) is 3.16. The standard InChI is InChI=1S/C12H25N3/c1-14-8-2-3-11(6-9-14)15(10-7-13)12-4-5-12/h11-12H,2-10,13H2,1H3. The van der Waals surface area contributed by atoms with Gasteiger partial charge in [0.2, 0.25) is 0 Å². The Morgan fingerprint density at radius 3 is 2.53 bits per heavy atom. The van der Waals surface area contributed by atoms with Gasteiger partial charge in [0.25, 0.3) is 0 Å². The molecule has 3 nitrogen and oxygen atoms in total. The number of likely N-dealkylation sites (tertiary alicyclic amines) is 1. The van der Waals surface area contributed by atoms with E-state index in [2.05, 4.69) is 16.8 Å². The summed E-state index contributed by atoms with van der Waals surface area (Å²) in [5.41, 5.74) is 5.72. The summed E-state index contributed by atoms with van der Waals surface area (Å²) in [4.78, 5) is 5.16. The second-order valence-electron chi connectivity index (χ2n) is 5.15. The van der Waals surface area contributed by atoms with E-state index < -0.39 is 0 Å². The minimum absolute atomic E-state index is 0.811. The van der Waals surface area contributed by atoms with Crippen LogP contribution < -0.4 is 5.73 Å². The Morgan fingerprint density at radius 2 is 1.87 bits per heavy atom. The molecule has 0 aromatic carbocycles. The van der Waals surface area contributed by atoms with Crippen molar-refractivity contribution in [3.8, 4) is 0 Å². The van der Waals surface area contributed by atoms with E-state index in [1.165, 1.54) is 45.2 Å². The highest BCUT2D eigenvalue weighted by Crippen LogP contribution is 2.31. The topological polar surface area (TPSA) is 32.5 Å². The molecule has 1 saturated carbocycles. The van der Waals surface area contributed by atoms with Crippen molar-refractivity contribution in [3.63, 3.8) is 0 Å². The van der Waals surface area contributed by atoms with E-state index in [4.69, 9.17) is 5.73 Å². The van der Waals surface area contributed by atoms with Crippen molar-refractivity contribution in [2.45, 2.75) is 44.2 Å². The van der Waals surface area contributed by atoms with Gasteiger partial charge in [-0.25, -0.2) is 0 Å². The predicted octanol–water partition coefficient (Wildman–Crippen LogP) is 0.894. The Balaban J connectivity index is 1.87. The minimum atomic E-state index is 0.811. The molecule has 2 aliphatic rings. The highest BCUT2D eigenvalue weighted by atomic mass is 15.2. The van der Waals surface area contributed by atoms with Crippen LogP contribution in [0.1, 0.15) is 32.1 Å². The quantitative estimate of drug-likeness (QED) is 0.750. The molecule has 1 heterocycles. The summed E-state index contributed by atoms with van der Waals surface area (Å²) in [7, 11) is 2.24. The fraction of sp³-hybridized carbons (Fsp3) is 1.00. The summed E-state index contributed by atoms with van der Waals surface area (Å²) in [6.45, 7) is 4.47. The molecule has 0 aromatic rings.